The van der Waals surface area contributed by atoms with Crippen molar-refractivity contribution in [2.75, 3.05) is 18.0 Å². The number of nitrogens with one attached hydrogen (secondary N) is 1. The Morgan fingerprint density at radius 2 is 1.87 bits per heavy atom. The molecule has 2 N–H and O–H groups in total. The van der Waals surface area contributed by atoms with Gasteiger partial charge in [0.05, 0.1) is 24.4 Å². The van der Waals surface area contributed by atoms with Gasteiger partial charge in [-0.05, 0) is 41.7 Å². The molecule has 0 spiro atoms. The molecule has 2 aromatic rings. The lowest BCUT2D eigenvalue weighted by Crippen LogP contribution is -2.33. The largest absolute Gasteiger partial charge is 0.508 e. The van der Waals surface area contributed by atoms with Crippen molar-refractivity contribution in [1.82, 2.24) is 4.90 Å². The fraction of sp³-hybridized carbons (Fsp3) is 0.435. The molecule has 0 radical (unpaired) electrons. The van der Waals surface area contributed by atoms with Gasteiger partial charge in [0, 0.05) is 7.05 Å². The fourth-order valence-corrected chi connectivity index (χ4v) is 4.85. The molecule has 30 heavy (non-hydrogen) atoms. The highest BCUT2D eigenvalue weighted by Crippen LogP contribution is 2.36. The molecule has 1 aliphatic rings. The van der Waals surface area contributed by atoms with Gasteiger partial charge in [-0.25, -0.2) is 8.42 Å². The van der Waals surface area contributed by atoms with E-state index in [1.54, 1.807) is 54.4 Å². The first kappa shape index (κ1) is 22.2. The second-order valence-electron chi connectivity index (χ2n) is 8.21. The number of phenolic OH excluding ortho intramolecular Hbond substituents is 1. The van der Waals surface area contributed by atoms with E-state index >= 15 is 0 Å². The summed E-state index contributed by atoms with van der Waals surface area (Å²) in [6.07, 6.45) is 6.82. The number of carbonyl (C=O) groups is 1. The average Bonchev–Trinajstić information content (AvgIpc) is 3.19. The van der Waals surface area contributed by atoms with Gasteiger partial charge in [-0.1, -0.05) is 56.0 Å². The number of rotatable bonds is 8. The lowest BCUT2D eigenvalue weighted by atomic mass is 9.92. The van der Waals surface area contributed by atoms with Crippen molar-refractivity contribution in [3.05, 3.63) is 59.7 Å². The van der Waals surface area contributed by atoms with Crippen LogP contribution in [0.3, 0.4) is 0 Å². The van der Waals surface area contributed by atoms with Crippen LogP contribution in [0, 0.1) is 5.92 Å². The summed E-state index contributed by atoms with van der Waals surface area (Å²) in [4.78, 5) is 14.9. The van der Waals surface area contributed by atoms with Gasteiger partial charge < -0.3 is 10.0 Å². The lowest BCUT2D eigenvalue weighted by Gasteiger charge is -2.31. The van der Waals surface area contributed by atoms with Gasteiger partial charge in [-0.3, -0.25) is 9.52 Å². The van der Waals surface area contributed by atoms with Crippen LogP contribution in [0.15, 0.2) is 48.5 Å². The van der Waals surface area contributed by atoms with Gasteiger partial charge in [0.25, 0.3) is 0 Å². The van der Waals surface area contributed by atoms with Crippen molar-refractivity contribution in [1.29, 1.82) is 0 Å². The van der Waals surface area contributed by atoms with Gasteiger partial charge in [-0.15, -0.1) is 0 Å². The number of phenols is 1. The normalized spacial score (nSPS) is 15.7. The van der Waals surface area contributed by atoms with Crippen LogP contribution in [-0.4, -0.2) is 37.6 Å². The summed E-state index contributed by atoms with van der Waals surface area (Å²) in [5, 5.41) is 9.95. The zero-order chi connectivity index (χ0) is 21.7. The Morgan fingerprint density at radius 3 is 2.53 bits per heavy atom. The first-order valence-electron chi connectivity index (χ1n) is 10.3. The number of amides is 1. The van der Waals surface area contributed by atoms with Crippen LogP contribution in [0.5, 0.6) is 5.75 Å². The molecule has 1 fully saturated rings. The number of benzene rings is 2. The van der Waals surface area contributed by atoms with E-state index < -0.39 is 10.0 Å². The number of anilines is 1. The molecule has 6 nitrogen and oxygen atoms in total. The van der Waals surface area contributed by atoms with Crippen LogP contribution in [0.1, 0.15) is 49.3 Å². The van der Waals surface area contributed by atoms with E-state index in [1.807, 2.05) is 6.07 Å². The number of para-hydroxylation sites is 1. The number of hydrogen-bond acceptors (Lipinski definition) is 4. The van der Waals surface area contributed by atoms with E-state index in [1.165, 1.54) is 25.7 Å². The second-order valence-corrected chi connectivity index (χ2v) is 9.96. The van der Waals surface area contributed by atoms with Gasteiger partial charge in [0.15, 0.2) is 0 Å². The van der Waals surface area contributed by atoms with Crippen molar-refractivity contribution in [3.63, 3.8) is 0 Å². The Morgan fingerprint density at radius 1 is 1.17 bits per heavy atom. The molecule has 162 valence electrons. The molecule has 0 aliphatic heterocycles. The Hall–Kier alpha value is -2.54. The molecule has 0 saturated heterocycles. The fourth-order valence-electron chi connectivity index (χ4n) is 4.25. The van der Waals surface area contributed by atoms with Gasteiger partial charge in [0.2, 0.25) is 15.9 Å². The van der Waals surface area contributed by atoms with Gasteiger partial charge in [0.1, 0.15) is 5.75 Å². The molecule has 0 bridgehead atoms. The summed E-state index contributed by atoms with van der Waals surface area (Å²) in [5.74, 6) is 0.656. The zero-order valence-electron chi connectivity index (χ0n) is 17.5. The topological polar surface area (TPSA) is 86.7 Å². The Balaban J connectivity index is 1.82. The molecule has 2 aromatic carbocycles. The quantitative estimate of drug-likeness (QED) is 0.660. The minimum Gasteiger partial charge on any atom is -0.508 e. The van der Waals surface area contributed by atoms with Crippen molar-refractivity contribution in [3.8, 4) is 5.75 Å². The zero-order valence-corrected chi connectivity index (χ0v) is 18.4. The van der Waals surface area contributed by atoms with E-state index in [2.05, 4.69) is 4.72 Å². The second kappa shape index (κ2) is 9.51. The van der Waals surface area contributed by atoms with Crippen LogP contribution >= 0.6 is 0 Å². The predicted molar refractivity (Wildman–Crippen MR) is 119 cm³/mol. The Kier molecular flexibility index (Phi) is 7.02. The van der Waals surface area contributed by atoms with E-state index in [-0.39, 0.29) is 24.1 Å². The summed E-state index contributed by atoms with van der Waals surface area (Å²) in [7, 11) is -1.65. The number of hydrogen-bond donors (Lipinski definition) is 2. The van der Waals surface area contributed by atoms with E-state index in [0.717, 1.165) is 18.2 Å². The summed E-state index contributed by atoms with van der Waals surface area (Å²) in [5.41, 5.74) is 1.97. The van der Waals surface area contributed by atoms with Crippen molar-refractivity contribution in [2.45, 2.75) is 44.6 Å². The molecule has 1 aliphatic carbocycles. The third-order valence-electron chi connectivity index (χ3n) is 5.80. The maximum atomic E-state index is 13.2. The SMILES string of the molecule is CN(C(=O)Cc1ccccc1NS(C)(=O)=O)C(CC1CCCC1)c1cccc(O)c1. The number of sulfonamides is 1. The average molecular weight is 431 g/mol. The lowest BCUT2D eigenvalue weighted by molar-refractivity contribution is -0.131. The highest BCUT2D eigenvalue weighted by Gasteiger charge is 2.27. The standard InChI is InChI=1S/C23H30N2O4S/c1-25(23(27)16-18-10-5-6-13-21(18)24-30(2,28)29)22(14-17-8-3-4-9-17)19-11-7-12-20(26)15-19/h5-7,10-13,15,17,22,24,26H,3-4,8-9,14,16H2,1-2H3. The molecule has 1 unspecified atom stereocenters. The smallest absolute Gasteiger partial charge is 0.229 e. The van der Waals surface area contributed by atoms with E-state index in [9.17, 15) is 18.3 Å². The maximum absolute atomic E-state index is 13.2. The van der Waals surface area contributed by atoms with Crippen molar-refractivity contribution in [2.24, 2.45) is 5.92 Å². The van der Waals surface area contributed by atoms with Crippen LogP contribution in [0.4, 0.5) is 5.69 Å². The summed E-state index contributed by atoms with van der Waals surface area (Å²) >= 11 is 0. The maximum Gasteiger partial charge on any atom is 0.229 e. The minimum atomic E-state index is -3.44. The van der Waals surface area contributed by atoms with Crippen LogP contribution in [0.2, 0.25) is 0 Å². The molecule has 1 atom stereocenters. The molecule has 0 aromatic heterocycles. The first-order chi connectivity index (χ1) is 14.2. The third kappa shape index (κ3) is 5.98. The molecular weight excluding hydrogens is 400 g/mol. The summed E-state index contributed by atoms with van der Waals surface area (Å²) in [6.45, 7) is 0. The van der Waals surface area contributed by atoms with Crippen molar-refractivity contribution < 1.29 is 18.3 Å². The number of likely N-dealkylation sites (N-methyl/N-ethyl adjacent to an activating group) is 1. The highest BCUT2D eigenvalue weighted by atomic mass is 32.2. The van der Waals surface area contributed by atoms with Crippen LogP contribution < -0.4 is 4.72 Å². The minimum absolute atomic E-state index is 0.0924. The van der Waals surface area contributed by atoms with Gasteiger partial charge in [-0.2, -0.15) is 0 Å². The Labute approximate surface area is 179 Å². The number of nitrogens with zero attached hydrogens (tertiary/aromatic N) is 1. The van der Waals surface area contributed by atoms with Crippen LogP contribution in [-0.2, 0) is 21.2 Å². The highest BCUT2D eigenvalue weighted by molar-refractivity contribution is 7.92. The molecule has 3 rings (SSSR count). The van der Waals surface area contributed by atoms with E-state index in [0.29, 0.717) is 17.2 Å². The molecule has 1 saturated carbocycles. The van der Waals surface area contributed by atoms with E-state index in [4.69, 9.17) is 0 Å². The number of aromatic hydroxyl groups is 1. The molecular formula is C23H30N2O4S. The third-order valence-corrected chi connectivity index (χ3v) is 6.39. The Bertz CT molecular complexity index is 984. The summed E-state index contributed by atoms with van der Waals surface area (Å²) < 4.78 is 25.8. The first-order valence-corrected chi connectivity index (χ1v) is 12.2. The predicted octanol–water partition coefficient (Wildman–Crippen LogP) is 4.09. The number of carbonyl (C=O) groups excluding carboxylic acids is 1. The van der Waals surface area contributed by atoms with Crippen molar-refractivity contribution >= 4 is 21.6 Å². The molecule has 0 heterocycles. The molecule has 7 heteroatoms. The monoisotopic (exact) mass is 430 g/mol. The van der Waals surface area contributed by atoms with Gasteiger partial charge >= 0.3 is 0 Å². The van der Waals surface area contributed by atoms with Crippen LogP contribution in [0.25, 0.3) is 0 Å². The molecule has 1 amide bonds. The summed E-state index contributed by atoms with van der Waals surface area (Å²) in [6, 6.07) is 13.9.